The van der Waals surface area contributed by atoms with E-state index in [1.54, 1.807) is 6.07 Å². The molecule has 0 unspecified atom stereocenters. The topological polar surface area (TPSA) is 54.0 Å². The number of hydrogen-bond acceptors (Lipinski definition) is 5. The minimum atomic E-state index is -0.135. The Labute approximate surface area is 92.9 Å². The highest BCUT2D eigenvalue weighted by Gasteiger charge is 2.32. The molecule has 1 heterocycles. The second-order valence-electron chi connectivity index (χ2n) is 3.23. The van der Waals surface area contributed by atoms with Crippen LogP contribution >= 0.6 is 0 Å². The molecule has 5 nitrogen and oxygen atoms in total. The summed E-state index contributed by atoms with van der Waals surface area (Å²) in [4.78, 5) is 11.7. The van der Waals surface area contributed by atoms with Crippen LogP contribution in [0.5, 0.6) is 23.0 Å². The van der Waals surface area contributed by atoms with Gasteiger partial charge in [-0.05, 0) is 0 Å². The Morgan fingerprint density at radius 3 is 2.38 bits per heavy atom. The summed E-state index contributed by atoms with van der Waals surface area (Å²) >= 11 is 0. The molecule has 1 aliphatic heterocycles. The highest BCUT2D eigenvalue weighted by atomic mass is 16.5. The molecule has 1 aromatic rings. The number of rotatable bonds is 3. The molecule has 0 amide bonds. The van der Waals surface area contributed by atoms with Crippen LogP contribution in [0.4, 0.5) is 0 Å². The lowest BCUT2D eigenvalue weighted by Gasteiger charge is -2.13. The Morgan fingerprint density at radius 1 is 1.12 bits per heavy atom. The van der Waals surface area contributed by atoms with Crippen molar-refractivity contribution in [1.82, 2.24) is 0 Å². The maximum atomic E-state index is 11.7. The monoisotopic (exact) mass is 224 g/mol. The fourth-order valence-corrected chi connectivity index (χ4v) is 1.71. The molecule has 0 N–H and O–H groups in total. The van der Waals surface area contributed by atoms with Crippen LogP contribution in [-0.4, -0.2) is 33.7 Å². The molecule has 0 aromatic heterocycles. The van der Waals surface area contributed by atoms with Crippen molar-refractivity contribution in [1.29, 1.82) is 0 Å². The number of ether oxygens (including phenoxy) is 4. The fourth-order valence-electron chi connectivity index (χ4n) is 1.71. The minimum Gasteiger partial charge on any atom is -0.493 e. The molecule has 16 heavy (non-hydrogen) atoms. The van der Waals surface area contributed by atoms with Gasteiger partial charge in [-0.2, -0.15) is 0 Å². The van der Waals surface area contributed by atoms with Crippen molar-refractivity contribution in [2.75, 3.05) is 27.9 Å². The predicted molar refractivity (Wildman–Crippen MR) is 55.9 cm³/mol. The van der Waals surface area contributed by atoms with Gasteiger partial charge in [-0.15, -0.1) is 0 Å². The van der Waals surface area contributed by atoms with Crippen LogP contribution in [0.15, 0.2) is 6.07 Å². The van der Waals surface area contributed by atoms with Gasteiger partial charge in [-0.25, -0.2) is 0 Å². The molecule has 0 fully saturated rings. The number of benzene rings is 1. The summed E-state index contributed by atoms with van der Waals surface area (Å²) in [5.41, 5.74) is 0.388. The summed E-state index contributed by atoms with van der Waals surface area (Å²) in [7, 11) is 4.49. The minimum absolute atomic E-state index is 0.00915. The number of fused-ring (bicyclic) bond motifs is 1. The largest absolute Gasteiger partial charge is 0.493 e. The van der Waals surface area contributed by atoms with Crippen LogP contribution in [0, 0.1) is 0 Å². The van der Waals surface area contributed by atoms with E-state index in [2.05, 4.69) is 0 Å². The lowest BCUT2D eigenvalue weighted by atomic mass is 10.1. The van der Waals surface area contributed by atoms with Crippen molar-refractivity contribution in [2.45, 2.75) is 0 Å². The Hall–Kier alpha value is -1.91. The maximum absolute atomic E-state index is 11.7. The summed E-state index contributed by atoms with van der Waals surface area (Å²) < 4.78 is 20.7. The highest BCUT2D eigenvalue weighted by molar-refractivity contribution is 6.06. The van der Waals surface area contributed by atoms with Crippen molar-refractivity contribution in [3.63, 3.8) is 0 Å². The van der Waals surface area contributed by atoms with Gasteiger partial charge in [0.05, 0.1) is 21.3 Å². The highest BCUT2D eigenvalue weighted by Crippen LogP contribution is 2.46. The molecule has 0 saturated carbocycles. The summed E-state index contributed by atoms with van der Waals surface area (Å²) in [5, 5.41) is 0. The van der Waals surface area contributed by atoms with Crippen molar-refractivity contribution >= 4 is 5.78 Å². The van der Waals surface area contributed by atoms with Gasteiger partial charge in [0.25, 0.3) is 0 Å². The SMILES string of the molecule is COc1cc(OC)c2c(c1OC)C(=O)CO2. The molecular weight excluding hydrogens is 212 g/mol. The first-order valence-electron chi connectivity index (χ1n) is 4.71. The van der Waals surface area contributed by atoms with Gasteiger partial charge in [0.1, 0.15) is 5.56 Å². The van der Waals surface area contributed by atoms with Gasteiger partial charge in [-0.3, -0.25) is 4.79 Å². The standard InChI is InChI=1S/C11H12O5/c1-13-7-4-8(14-2)11-9(10(7)15-3)6(12)5-16-11/h4H,5H2,1-3H3. The van der Waals surface area contributed by atoms with E-state index in [4.69, 9.17) is 18.9 Å². The second kappa shape index (κ2) is 3.92. The average molecular weight is 224 g/mol. The summed E-state index contributed by atoms with van der Waals surface area (Å²) in [6.45, 7) is 0.00915. The first-order valence-corrected chi connectivity index (χ1v) is 4.71. The quantitative estimate of drug-likeness (QED) is 0.774. The normalized spacial score (nSPS) is 13.1. The van der Waals surface area contributed by atoms with E-state index < -0.39 is 0 Å². The van der Waals surface area contributed by atoms with Crippen LogP contribution in [0.3, 0.4) is 0 Å². The Balaban J connectivity index is 2.70. The Morgan fingerprint density at radius 2 is 1.81 bits per heavy atom. The first kappa shape index (κ1) is 10.6. The molecule has 0 bridgehead atoms. The lowest BCUT2D eigenvalue weighted by molar-refractivity contribution is 0.0958. The molecule has 0 atom stereocenters. The van der Waals surface area contributed by atoms with Gasteiger partial charge in [0, 0.05) is 6.07 Å². The molecule has 86 valence electrons. The van der Waals surface area contributed by atoms with E-state index in [9.17, 15) is 4.79 Å². The molecule has 0 radical (unpaired) electrons. The molecule has 0 spiro atoms. The van der Waals surface area contributed by atoms with Gasteiger partial charge in [0.15, 0.2) is 29.6 Å². The van der Waals surface area contributed by atoms with Gasteiger partial charge >= 0.3 is 0 Å². The van der Waals surface area contributed by atoms with Crippen LogP contribution in [0.2, 0.25) is 0 Å². The van der Waals surface area contributed by atoms with Crippen LogP contribution in [-0.2, 0) is 0 Å². The number of hydrogen-bond donors (Lipinski definition) is 0. The number of carbonyl (C=O) groups excluding carboxylic acids is 1. The number of ketones is 1. The third-order valence-electron chi connectivity index (χ3n) is 2.43. The lowest BCUT2D eigenvalue weighted by Crippen LogP contribution is -2.02. The molecule has 0 aliphatic carbocycles. The molecule has 2 rings (SSSR count). The number of methoxy groups -OCH3 is 3. The van der Waals surface area contributed by atoms with Crippen LogP contribution in [0.1, 0.15) is 10.4 Å². The summed E-state index contributed by atoms with van der Waals surface area (Å²) in [5.74, 6) is 1.60. The molecule has 1 aromatic carbocycles. The van der Waals surface area contributed by atoms with E-state index >= 15 is 0 Å². The Kier molecular flexibility index (Phi) is 2.60. The zero-order valence-corrected chi connectivity index (χ0v) is 9.33. The number of Topliss-reactive ketones (excluding diaryl/α,β-unsaturated/α-hetero) is 1. The number of carbonyl (C=O) groups is 1. The Bertz CT molecular complexity index is 438. The van der Waals surface area contributed by atoms with E-state index in [1.165, 1.54) is 21.3 Å². The molecule has 0 saturated heterocycles. The van der Waals surface area contributed by atoms with Crippen molar-refractivity contribution < 1.29 is 23.7 Å². The molecule has 5 heteroatoms. The zero-order chi connectivity index (χ0) is 11.7. The predicted octanol–water partition coefficient (Wildman–Crippen LogP) is 1.29. The third-order valence-corrected chi connectivity index (χ3v) is 2.43. The first-order chi connectivity index (χ1) is 7.72. The average Bonchev–Trinajstić information content (AvgIpc) is 2.70. The van der Waals surface area contributed by atoms with Crippen molar-refractivity contribution in [2.24, 2.45) is 0 Å². The van der Waals surface area contributed by atoms with E-state index in [0.29, 0.717) is 28.6 Å². The van der Waals surface area contributed by atoms with E-state index in [0.717, 1.165) is 0 Å². The zero-order valence-electron chi connectivity index (χ0n) is 9.33. The van der Waals surface area contributed by atoms with E-state index in [1.807, 2.05) is 0 Å². The third kappa shape index (κ3) is 1.36. The summed E-state index contributed by atoms with van der Waals surface area (Å²) in [6.07, 6.45) is 0. The van der Waals surface area contributed by atoms with Crippen LogP contribution < -0.4 is 18.9 Å². The molecular formula is C11H12O5. The van der Waals surface area contributed by atoms with Gasteiger partial charge < -0.3 is 18.9 Å². The fraction of sp³-hybridized carbons (Fsp3) is 0.364. The summed E-state index contributed by atoms with van der Waals surface area (Å²) in [6, 6.07) is 1.64. The van der Waals surface area contributed by atoms with Gasteiger partial charge in [0.2, 0.25) is 5.78 Å². The van der Waals surface area contributed by atoms with Crippen LogP contribution in [0.25, 0.3) is 0 Å². The molecule has 1 aliphatic rings. The van der Waals surface area contributed by atoms with Crippen molar-refractivity contribution in [3.05, 3.63) is 11.6 Å². The second-order valence-corrected chi connectivity index (χ2v) is 3.23. The maximum Gasteiger partial charge on any atom is 0.207 e. The van der Waals surface area contributed by atoms with Gasteiger partial charge in [-0.1, -0.05) is 0 Å². The smallest absolute Gasteiger partial charge is 0.207 e. The van der Waals surface area contributed by atoms with Crippen molar-refractivity contribution in [3.8, 4) is 23.0 Å². The van der Waals surface area contributed by atoms with E-state index in [-0.39, 0.29) is 12.4 Å².